The van der Waals surface area contributed by atoms with E-state index < -0.39 is 0 Å². The molecule has 114 valence electrons. The first kappa shape index (κ1) is 15.5. The van der Waals surface area contributed by atoms with Gasteiger partial charge in [-0.1, -0.05) is 0 Å². The fourth-order valence-electron chi connectivity index (χ4n) is 2.10. The summed E-state index contributed by atoms with van der Waals surface area (Å²) in [7, 11) is 0. The van der Waals surface area contributed by atoms with Gasteiger partial charge in [0.15, 0.2) is 12.0 Å². The van der Waals surface area contributed by atoms with Crippen molar-refractivity contribution < 1.29 is 4.79 Å². The Bertz CT molecular complexity index is 612. The summed E-state index contributed by atoms with van der Waals surface area (Å²) in [6.45, 7) is 2.68. The van der Waals surface area contributed by atoms with Crippen LogP contribution in [0.3, 0.4) is 0 Å². The zero-order valence-corrected chi connectivity index (χ0v) is 12.2. The molecule has 3 heterocycles. The second kappa shape index (κ2) is 8.42. The lowest BCUT2D eigenvalue weighted by molar-refractivity contribution is -0.105. The zero-order chi connectivity index (χ0) is 15.6. The molecule has 1 amide bonds. The molecule has 0 unspecified atom stereocenters. The van der Waals surface area contributed by atoms with Gasteiger partial charge in [0.2, 0.25) is 6.41 Å². The zero-order valence-electron chi connectivity index (χ0n) is 12.2. The Morgan fingerprint density at radius 3 is 2.64 bits per heavy atom. The number of imidazole rings is 1. The highest BCUT2D eigenvalue weighted by Crippen LogP contribution is 2.05. The number of aromatic nitrogens is 3. The Labute approximate surface area is 129 Å². The van der Waals surface area contributed by atoms with Crippen LogP contribution in [0.25, 0.3) is 0 Å². The molecule has 0 saturated carbocycles. The fraction of sp³-hybridized carbons (Fsp3) is 0.333. The first-order valence-corrected chi connectivity index (χ1v) is 7.07. The number of amides is 1. The minimum atomic E-state index is 0.555. The maximum Gasteiger partial charge on any atom is 0.212 e. The van der Waals surface area contributed by atoms with Gasteiger partial charge in [0, 0.05) is 38.2 Å². The summed E-state index contributed by atoms with van der Waals surface area (Å²) >= 11 is 0. The summed E-state index contributed by atoms with van der Waals surface area (Å²) < 4.78 is 1.89. The van der Waals surface area contributed by atoms with Crippen LogP contribution in [0.4, 0.5) is 5.82 Å². The minimum absolute atomic E-state index is 0.555. The molecule has 0 aromatic carbocycles. The quantitative estimate of drug-likeness (QED) is 0.682. The second-order valence-corrected chi connectivity index (χ2v) is 4.84. The lowest BCUT2D eigenvalue weighted by Gasteiger charge is -2.00. The van der Waals surface area contributed by atoms with E-state index in [2.05, 4.69) is 21.5 Å². The molecule has 1 fully saturated rings. The molecule has 22 heavy (non-hydrogen) atoms. The number of rotatable bonds is 4. The van der Waals surface area contributed by atoms with Gasteiger partial charge in [-0.15, -0.1) is 0 Å². The highest BCUT2D eigenvalue weighted by atomic mass is 16.1. The summed E-state index contributed by atoms with van der Waals surface area (Å²) in [6, 6.07) is 3.87. The number of hydrogen-bond donors (Lipinski definition) is 1. The molecule has 0 radical (unpaired) electrons. The normalized spacial score (nSPS) is 13.0. The molecule has 7 heteroatoms. The van der Waals surface area contributed by atoms with E-state index in [-0.39, 0.29) is 0 Å². The number of nitrogens with one attached hydrogen (secondary N) is 1. The summed E-state index contributed by atoms with van der Waals surface area (Å²) in [5, 5.41) is 10.7. The minimum Gasteiger partial charge on any atom is -0.331 e. The van der Waals surface area contributed by atoms with Gasteiger partial charge in [0.05, 0.1) is 6.33 Å². The molecule has 1 N–H and O–H groups in total. The second-order valence-electron chi connectivity index (χ2n) is 4.84. The van der Waals surface area contributed by atoms with Crippen molar-refractivity contribution in [2.24, 2.45) is 0 Å². The Hall–Kier alpha value is -2.88. The summed E-state index contributed by atoms with van der Waals surface area (Å²) in [5.41, 5.74) is 1.14. The van der Waals surface area contributed by atoms with E-state index in [4.69, 9.17) is 5.26 Å². The van der Waals surface area contributed by atoms with Crippen LogP contribution in [-0.2, 0) is 11.3 Å². The lowest BCUT2D eigenvalue weighted by atomic mass is 10.3. The van der Waals surface area contributed by atoms with Crippen molar-refractivity contribution in [3.8, 4) is 6.19 Å². The topological polar surface area (TPSA) is 86.8 Å². The first-order chi connectivity index (χ1) is 10.8. The van der Waals surface area contributed by atoms with Gasteiger partial charge in [-0.2, -0.15) is 5.26 Å². The molecular weight excluding hydrogens is 280 g/mol. The van der Waals surface area contributed by atoms with Crippen LogP contribution >= 0.6 is 0 Å². The number of anilines is 1. The smallest absolute Gasteiger partial charge is 0.212 e. The number of carbonyl (C=O) groups is 1. The third kappa shape index (κ3) is 4.90. The number of nitriles is 1. The van der Waals surface area contributed by atoms with E-state index in [1.54, 1.807) is 29.8 Å². The van der Waals surface area contributed by atoms with Crippen LogP contribution in [0, 0.1) is 11.5 Å². The Morgan fingerprint density at radius 1 is 1.32 bits per heavy atom. The third-order valence-corrected chi connectivity index (χ3v) is 3.20. The van der Waals surface area contributed by atoms with E-state index in [0.717, 1.165) is 25.2 Å². The van der Waals surface area contributed by atoms with Crippen LogP contribution in [-0.4, -0.2) is 38.9 Å². The van der Waals surface area contributed by atoms with Crippen molar-refractivity contribution in [1.29, 1.82) is 5.26 Å². The predicted molar refractivity (Wildman–Crippen MR) is 81.7 cm³/mol. The molecule has 7 nitrogen and oxygen atoms in total. The Kier molecular flexibility index (Phi) is 5.93. The van der Waals surface area contributed by atoms with Crippen molar-refractivity contribution in [1.82, 2.24) is 19.4 Å². The molecule has 1 saturated heterocycles. The predicted octanol–water partition coefficient (Wildman–Crippen LogP) is 1.46. The number of pyridine rings is 1. The average Bonchev–Trinajstić information content (AvgIpc) is 3.21. The van der Waals surface area contributed by atoms with Crippen LogP contribution in [0.1, 0.15) is 18.4 Å². The van der Waals surface area contributed by atoms with Gasteiger partial charge in [-0.3, -0.25) is 9.78 Å². The summed E-state index contributed by atoms with van der Waals surface area (Å²) in [4.78, 5) is 19.9. The molecule has 0 bridgehead atoms. The Morgan fingerprint density at radius 2 is 2.05 bits per heavy atom. The molecule has 0 atom stereocenters. The lowest BCUT2D eigenvalue weighted by Crippen LogP contribution is -2.10. The summed E-state index contributed by atoms with van der Waals surface area (Å²) in [5.74, 6) is 0.555. The van der Waals surface area contributed by atoms with Crippen LogP contribution in [0.15, 0.2) is 37.1 Å². The number of hydrogen-bond acceptors (Lipinski definition) is 5. The van der Waals surface area contributed by atoms with Gasteiger partial charge in [0.1, 0.15) is 0 Å². The molecule has 0 aliphatic carbocycles. The van der Waals surface area contributed by atoms with Crippen LogP contribution in [0.5, 0.6) is 0 Å². The van der Waals surface area contributed by atoms with E-state index >= 15 is 0 Å². The molecule has 3 rings (SSSR count). The average molecular weight is 298 g/mol. The van der Waals surface area contributed by atoms with Gasteiger partial charge >= 0.3 is 0 Å². The highest BCUT2D eigenvalue weighted by Gasteiger charge is 2.06. The van der Waals surface area contributed by atoms with Gasteiger partial charge in [0.25, 0.3) is 0 Å². The van der Waals surface area contributed by atoms with Crippen molar-refractivity contribution >= 4 is 12.2 Å². The molecular formula is C15H18N6O. The molecule has 2 aromatic rings. The van der Waals surface area contributed by atoms with E-state index in [1.165, 1.54) is 12.8 Å². The maximum atomic E-state index is 10.2. The molecule has 1 aliphatic heterocycles. The van der Waals surface area contributed by atoms with Crippen molar-refractivity contribution in [3.63, 3.8) is 0 Å². The third-order valence-electron chi connectivity index (χ3n) is 3.20. The van der Waals surface area contributed by atoms with E-state index in [1.807, 2.05) is 16.7 Å². The van der Waals surface area contributed by atoms with E-state index in [0.29, 0.717) is 12.2 Å². The van der Waals surface area contributed by atoms with Crippen molar-refractivity contribution in [3.05, 3.63) is 42.6 Å². The fourth-order valence-corrected chi connectivity index (χ4v) is 2.10. The van der Waals surface area contributed by atoms with Gasteiger partial charge < -0.3 is 14.8 Å². The summed E-state index contributed by atoms with van der Waals surface area (Å²) in [6.07, 6.45) is 12.1. The SMILES string of the molecule is N#CN1CCCC1.O=CNc1cn(Cc2ccncc2)cn1. The molecule has 2 aromatic heterocycles. The Balaban J connectivity index is 0.000000211. The van der Waals surface area contributed by atoms with Crippen molar-refractivity contribution in [2.45, 2.75) is 19.4 Å². The van der Waals surface area contributed by atoms with Crippen LogP contribution in [0.2, 0.25) is 0 Å². The van der Waals surface area contributed by atoms with Gasteiger partial charge in [-0.25, -0.2) is 4.98 Å². The number of carbonyl (C=O) groups excluding carboxylic acids is 1. The molecule has 0 spiro atoms. The van der Waals surface area contributed by atoms with Crippen molar-refractivity contribution in [2.75, 3.05) is 18.4 Å². The van der Waals surface area contributed by atoms with Crippen LogP contribution < -0.4 is 5.32 Å². The highest BCUT2D eigenvalue weighted by molar-refractivity contribution is 5.68. The maximum absolute atomic E-state index is 10.2. The van der Waals surface area contributed by atoms with E-state index in [9.17, 15) is 4.79 Å². The number of nitrogens with zero attached hydrogens (tertiary/aromatic N) is 5. The van der Waals surface area contributed by atoms with Gasteiger partial charge in [-0.05, 0) is 30.5 Å². The first-order valence-electron chi connectivity index (χ1n) is 7.07. The molecule has 1 aliphatic rings. The monoisotopic (exact) mass is 298 g/mol. The largest absolute Gasteiger partial charge is 0.331 e. The number of likely N-dealkylation sites (tertiary alicyclic amines) is 1. The standard InChI is InChI=1S/C10H10N4O.C5H8N2/c15-8-13-10-6-14(7-12-10)5-9-1-3-11-4-2-9;6-5-7-3-1-2-4-7/h1-4,6-8H,5H2,(H,13,15);1-4H2.